The highest BCUT2D eigenvalue weighted by Gasteiger charge is 2.17. The van der Waals surface area contributed by atoms with Gasteiger partial charge in [0.2, 0.25) is 0 Å². The van der Waals surface area contributed by atoms with E-state index in [0.29, 0.717) is 6.42 Å². The molecule has 1 heterocycles. The fourth-order valence-corrected chi connectivity index (χ4v) is 0.943. The van der Waals surface area contributed by atoms with E-state index in [1.807, 2.05) is 0 Å². The lowest BCUT2D eigenvalue weighted by Crippen LogP contribution is -2.42. The predicted octanol–water partition coefficient (Wildman–Crippen LogP) is -0.271. The van der Waals surface area contributed by atoms with Crippen LogP contribution in [0.3, 0.4) is 0 Å². The molecule has 4 heteroatoms. The molecule has 0 aliphatic rings. The summed E-state index contributed by atoms with van der Waals surface area (Å²) in [4.78, 5) is 7.71. The normalized spacial score (nSPS) is 15.6. The van der Waals surface area contributed by atoms with Gasteiger partial charge in [-0.05, 0) is 18.9 Å². The van der Waals surface area contributed by atoms with Crippen LogP contribution < -0.4 is 5.73 Å². The van der Waals surface area contributed by atoms with E-state index >= 15 is 0 Å². The minimum Gasteiger partial charge on any atom is -0.394 e. The first-order chi connectivity index (χ1) is 5.64. The van der Waals surface area contributed by atoms with Crippen LogP contribution in [0.15, 0.2) is 18.7 Å². The van der Waals surface area contributed by atoms with Gasteiger partial charge in [0, 0.05) is 17.9 Å². The summed E-state index contributed by atoms with van der Waals surface area (Å²) in [5.41, 5.74) is 6.11. The van der Waals surface area contributed by atoms with Gasteiger partial charge >= 0.3 is 0 Å². The molecule has 0 saturated heterocycles. The van der Waals surface area contributed by atoms with Crippen LogP contribution in [0.2, 0.25) is 0 Å². The molecule has 0 aliphatic heterocycles. The second-order valence-electron chi connectivity index (χ2n) is 3.24. The Morgan fingerprint density at radius 3 is 2.58 bits per heavy atom. The van der Waals surface area contributed by atoms with Crippen molar-refractivity contribution in [2.24, 2.45) is 5.73 Å². The lowest BCUT2D eigenvalue weighted by Gasteiger charge is -2.20. The molecular formula is C8H13N3O. The molecular weight excluding hydrogens is 154 g/mol. The highest BCUT2D eigenvalue weighted by atomic mass is 16.3. The minimum atomic E-state index is -0.579. The number of hydrogen-bond acceptors (Lipinski definition) is 4. The fourth-order valence-electron chi connectivity index (χ4n) is 0.943. The number of aliphatic hydroxyl groups is 1. The molecule has 66 valence electrons. The quantitative estimate of drug-likeness (QED) is 0.650. The van der Waals surface area contributed by atoms with Gasteiger partial charge in [-0.2, -0.15) is 0 Å². The molecule has 1 rings (SSSR count). The molecule has 0 radical (unpaired) electrons. The van der Waals surface area contributed by atoms with Crippen LogP contribution in [0.25, 0.3) is 0 Å². The summed E-state index contributed by atoms with van der Waals surface area (Å²) in [6.07, 6.45) is 5.46. The summed E-state index contributed by atoms with van der Waals surface area (Å²) < 4.78 is 0. The number of hydrogen-bond donors (Lipinski definition) is 2. The summed E-state index contributed by atoms with van der Waals surface area (Å²) >= 11 is 0. The Labute approximate surface area is 71.5 Å². The highest BCUT2D eigenvalue weighted by Crippen LogP contribution is 2.07. The van der Waals surface area contributed by atoms with Crippen LogP contribution in [0.1, 0.15) is 12.5 Å². The highest BCUT2D eigenvalue weighted by molar-refractivity contribution is 5.07. The average Bonchev–Trinajstić information content (AvgIpc) is 2.06. The van der Waals surface area contributed by atoms with Gasteiger partial charge in [-0.25, -0.2) is 9.97 Å². The number of rotatable bonds is 3. The molecule has 4 nitrogen and oxygen atoms in total. The van der Waals surface area contributed by atoms with Gasteiger partial charge in [-0.3, -0.25) is 0 Å². The second kappa shape index (κ2) is 3.60. The number of nitrogens with two attached hydrogens (primary N) is 1. The van der Waals surface area contributed by atoms with Crippen LogP contribution in [-0.4, -0.2) is 27.2 Å². The lowest BCUT2D eigenvalue weighted by molar-refractivity contribution is 0.208. The topological polar surface area (TPSA) is 72.0 Å². The van der Waals surface area contributed by atoms with E-state index in [1.165, 1.54) is 6.33 Å². The van der Waals surface area contributed by atoms with Crippen LogP contribution in [-0.2, 0) is 6.42 Å². The van der Waals surface area contributed by atoms with Crippen LogP contribution in [0.4, 0.5) is 0 Å². The Morgan fingerprint density at radius 2 is 2.08 bits per heavy atom. The zero-order valence-corrected chi connectivity index (χ0v) is 7.07. The predicted molar refractivity (Wildman–Crippen MR) is 45.4 cm³/mol. The van der Waals surface area contributed by atoms with Gasteiger partial charge in [0.1, 0.15) is 6.33 Å². The van der Waals surface area contributed by atoms with Crippen molar-refractivity contribution in [2.75, 3.05) is 6.61 Å². The van der Waals surface area contributed by atoms with Crippen molar-refractivity contribution in [2.45, 2.75) is 18.9 Å². The largest absolute Gasteiger partial charge is 0.394 e. The molecule has 12 heavy (non-hydrogen) atoms. The first-order valence-corrected chi connectivity index (χ1v) is 3.78. The van der Waals surface area contributed by atoms with Crippen molar-refractivity contribution < 1.29 is 5.11 Å². The van der Waals surface area contributed by atoms with E-state index in [-0.39, 0.29) is 6.61 Å². The van der Waals surface area contributed by atoms with Gasteiger partial charge in [-0.1, -0.05) is 0 Å². The Balaban J connectivity index is 2.64. The minimum absolute atomic E-state index is 0.0398. The summed E-state index contributed by atoms with van der Waals surface area (Å²) in [5.74, 6) is 0. The maximum Gasteiger partial charge on any atom is 0.115 e. The smallest absolute Gasteiger partial charge is 0.115 e. The molecule has 0 aliphatic carbocycles. The average molecular weight is 167 g/mol. The van der Waals surface area contributed by atoms with Crippen LogP contribution >= 0.6 is 0 Å². The molecule has 0 fully saturated rings. The third-order valence-corrected chi connectivity index (χ3v) is 1.58. The molecule has 3 N–H and O–H groups in total. The zero-order valence-electron chi connectivity index (χ0n) is 7.07. The van der Waals surface area contributed by atoms with Gasteiger partial charge in [0.25, 0.3) is 0 Å². The van der Waals surface area contributed by atoms with Crippen molar-refractivity contribution in [3.8, 4) is 0 Å². The monoisotopic (exact) mass is 167 g/mol. The number of aromatic nitrogens is 2. The van der Waals surface area contributed by atoms with Gasteiger partial charge in [-0.15, -0.1) is 0 Å². The third-order valence-electron chi connectivity index (χ3n) is 1.58. The Hall–Kier alpha value is -1.00. The first kappa shape index (κ1) is 9.09. The third kappa shape index (κ3) is 2.56. The second-order valence-corrected chi connectivity index (χ2v) is 3.24. The summed E-state index contributed by atoms with van der Waals surface area (Å²) in [6, 6.07) is 0. The Bertz CT molecular complexity index is 235. The molecule has 0 amide bonds. The number of nitrogens with zero attached hydrogens (tertiary/aromatic N) is 2. The maximum atomic E-state index is 8.89. The van der Waals surface area contributed by atoms with E-state index in [2.05, 4.69) is 9.97 Å². The maximum absolute atomic E-state index is 8.89. The summed E-state index contributed by atoms with van der Waals surface area (Å²) in [5, 5.41) is 8.89. The lowest BCUT2D eigenvalue weighted by atomic mass is 9.97. The molecule has 1 atom stereocenters. The van der Waals surface area contributed by atoms with Gasteiger partial charge in [0.05, 0.1) is 6.61 Å². The van der Waals surface area contributed by atoms with Gasteiger partial charge < -0.3 is 10.8 Å². The molecule has 0 saturated carbocycles. The van der Waals surface area contributed by atoms with E-state index in [9.17, 15) is 0 Å². The van der Waals surface area contributed by atoms with Crippen molar-refractivity contribution >= 4 is 0 Å². The summed E-state index contributed by atoms with van der Waals surface area (Å²) in [6.45, 7) is 1.75. The Kier molecular flexibility index (Phi) is 2.73. The Morgan fingerprint density at radius 1 is 1.50 bits per heavy atom. The molecule has 1 unspecified atom stereocenters. The standard InChI is InChI=1S/C8H13N3O/c1-8(9,5-12)2-7-3-10-6-11-4-7/h3-4,6,12H,2,5,9H2,1H3. The molecule has 0 aromatic carbocycles. The molecule has 0 spiro atoms. The number of aliphatic hydroxyl groups excluding tert-OH is 1. The van der Waals surface area contributed by atoms with Gasteiger partial charge in [0.15, 0.2) is 0 Å². The van der Waals surface area contributed by atoms with Crippen molar-refractivity contribution in [1.82, 2.24) is 9.97 Å². The molecule has 1 aromatic heterocycles. The molecule has 0 bridgehead atoms. The SMILES string of the molecule is CC(N)(CO)Cc1cncnc1. The molecule has 1 aromatic rings. The van der Waals surface area contributed by atoms with Crippen molar-refractivity contribution in [3.05, 3.63) is 24.3 Å². The first-order valence-electron chi connectivity index (χ1n) is 3.78. The zero-order chi connectivity index (χ0) is 9.03. The summed E-state index contributed by atoms with van der Waals surface area (Å²) in [7, 11) is 0. The van der Waals surface area contributed by atoms with E-state index < -0.39 is 5.54 Å². The van der Waals surface area contributed by atoms with E-state index in [1.54, 1.807) is 19.3 Å². The van der Waals surface area contributed by atoms with Crippen LogP contribution in [0.5, 0.6) is 0 Å². The van der Waals surface area contributed by atoms with Crippen LogP contribution in [0, 0.1) is 0 Å². The van der Waals surface area contributed by atoms with Crippen molar-refractivity contribution in [1.29, 1.82) is 0 Å². The van der Waals surface area contributed by atoms with Crippen molar-refractivity contribution in [3.63, 3.8) is 0 Å². The van der Waals surface area contributed by atoms with E-state index in [0.717, 1.165) is 5.56 Å². The van der Waals surface area contributed by atoms with E-state index in [4.69, 9.17) is 10.8 Å². The fraction of sp³-hybridized carbons (Fsp3) is 0.500.